The molecule has 2 amide bonds. The lowest BCUT2D eigenvalue weighted by atomic mass is 10.1. The SMILES string of the molecule is CC(OC(=O)[C@H](Cc1ccccc1)NC(=O)OCc1ccccc1)C(=O)Nc1cccnc1Cl. The minimum absolute atomic E-state index is 0.0461. The minimum Gasteiger partial charge on any atom is -0.451 e. The lowest BCUT2D eigenvalue weighted by molar-refractivity contribution is -0.155. The second-order valence-electron chi connectivity index (χ2n) is 7.36. The summed E-state index contributed by atoms with van der Waals surface area (Å²) >= 11 is 5.96. The molecule has 34 heavy (non-hydrogen) atoms. The van der Waals surface area contributed by atoms with Gasteiger partial charge in [0, 0.05) is 12.6 Å². The molecule has 0 spiro atoms. The van der Waals surface area contributed by atoms with Gasteiger partial charge in [0.25, 0.3) is 5.91 Å². The number of ether oxygens (including phenoxy) is 2. The molecule has 0 radical (unpaired) electrons. The lowest BCUT2D eigenvalue weighted by Crippen LogP contribution is -2.45. The molecule has 2 atom stereocenters. The smallest absolute Gasteiger partial charge is 0.408 e. The first-order chi connectivity index (χ1) is 16.4. The number of anilines is 1. The summed E-state index contributed by atoms with van der Waals surface area (Å²) in [5, 5.41) is 5.21. The molecule has 0 aliphatic rings. The summed E-state index contributed by atoms with van der Waals surface area (Å²) in [5.74, 6) is -1.37. The predicted molar refractivity (Wildman–Crippen MR) is 127 cm³/mol. The predicted octanol–water partition coefficient (Wildman–Crippen LogP) is 4.14. The fourth-order valence-corrected chi connectivity index (χ4v) is 3.14. The van der Waals surface area contributed by atoms with Gasteiger partial charge in [0.2, 0.25) is 0 Å². The average Bonchev–Trinajstić information content (AvgIpc) is 2.85. The van der Waals surface area contributed by atoms with E-state index in [4.69, 9.17) is 21.1 Å². The fraction of sp³-hybridized carbons (Fsp3) is 0.200. The third-order valence-corrected chi connectivity index (χ3v) is 5.05. The molecule has 0 aliphatic carbocycles. The van der Waals surface area contributed by atoms with Crippen molar-refractivity contribution in [1.82, 2.24) is 10.3 Å². The number of nitrogens with zero attached hydrogens (tertiary/aromatic N) is 1. The van der Waals surface area contributed by atoms with Crippen LogP contribution in [0.1, 0.15) is 18.1 Å². The highest BCUT2D eigenvalue weighted by molar-refractivity contribution is 6.32. The number of alkyl carbamates (subject to hydrolysis) is 1. The Balaban J connectivity index is 1.62. The Hall–Kier alpha value is -3.91. The van der Waals surface area contributed by atoms with Gasteiger partial charge in [-0.25, -0.2) is 14.6 Å². The van der Waals surface area contributed by atoms with Crippen molar-refractivity contribution in [3.8, 4) is 0 Å². The Morgan fingerprint density at radius 3 is 2.24 bits per heavy atom. The zero-order valence-electron chi connectivity index (χ0n) is 18.4. The van der Waals surface area contributed by atoms with E-state index in [-0.39, 0.29) is 18.2 Å². The van der Waals surface area contributed by atoms with Crippen LogP contribution in [0.5, 0.6) is 0 Å². The summed E-state index contributed by atoms with van der Waals surface area (Å²) in [4.78, 5) is 41.6. The van der Waals surface area contributed by atoms with Crippen LogP contribution in [0.15, 0.2) is 79.0 Å². The number of carbonyl (C=O) groups is 3. The van der Waals surface area contributed by atoms with E-state index in [1.54, 1.807) is 12.1 Å². The molecule has 9 heteroatoms. The van der Waals surface area contributed by atoms with E-state index in [2.05, 4.69) is 15.6 Å². The number of rotatable bonds is 9. The zero-order valence-corrected chi connectivity index (χ0v) is 19.2. The van der Waals surface area contributed by atoms with Crippen LogP contribution in [0.25, 0.3) is 0 Å². The standard InChI is InChI=1S/C25H24ClN3O5/c1-17(23(30)28-20-13-8-14-27-22(20)26)34-24(31)21(15-18-9-4-2-5-10-18)29-25(32)33-16-19-11-6-3-7-12-19/h2-14,17,21H,15-16H2,1H3,(H,28,30)(H,29,32)/t17?,21-/m0/s1. The summed E-state index contributed by atoms with van der Waals surface area (Å²) in [6, 6.07) is 20.4. The van der Waals surface area contributed by atoms with Crippen LogP contribution in [-0.2, 0) is 32.1 Å². The molecule has 0 aliphatic heterocycles. The third kappa shape index (κ3) is 7.60. The molecule has 0 saturated carbocycles. The van der Waals surface area contributed by atoms with Crippen molar-refractivity contribution in [3.05, 3.63) is 95.3 Å². The summed E-state index contributed by atoms with van der Waals surface area (Å²) in [6.07, 6.45) is -0.286. The maximum atomic E-state index is 12.9. The molecule has 1 heterocycles. The number of carbonyl (C=O) groups excluding carboxylic acids is 3. The van der Waals surface area contributed by atoms with E-state index in [9.17, 15) is 14.4 Å². The van der Waals surface area contributed by atoms with Gasteiger partial charge in [0.1, 0.15) is 12.6 Å². The third-order valence-electron chi connectivity index (χ3n) is 4.75. The summed E-state index contributed by atoms with van der Waals surface area (Å²) < 4.78 is 10.6. The van der Waals surface area contributed by atoms with Gasteiger partial charge in [0.05, 0.1) is 5.69 Å². The highest BCUT2D eigenvalue weighted by Gasteiger charge is 2.27. The Kier molecular flexibility index (Phi) is 8.99. The van der Waals surface area contributed by atoms with Gasteiger partial charge < -0.3 is 20.1 Å². The van der Waals surface area contributed by atoms with Gasteiger partial charge in [-0.15, -0.1) is 0 Å². The summed E-state index contributed by atoms with van der Waals surface area (Å²) in [7, 11) is 0. The molecular weight excluding hydrogens is 458 g/mol. The van der Waals surface area contributed by atoms with Crippen LogP contribution >= 0.6 is 11.6 Å². The van der Waals surface area contributed by atoms with Crippen molar-refractivity contribution < 1.29 is 23.9 Å². The van der Waals surface area contributed by atoms with E-state index in [0.29, 0.717) is 5.69 Å². The number of amides is 2. The van der Waals surface area contributed by atoms with Crippen molar-refractivity contribution in [2.45, 2.75) is 32.1 Å². The number of esters is 1. The van der Waals surface area contributed by atoms with Crippen molar-refractivity contribution in [1.29, 1.82) is 0 Å². The highest BCUT2D eigenvalue weighted by atomic mass is 35.5. The first kappa shape index (κ1) is 24.7. The molecule has 1 unspecified atom stereocenters. The van der Waals surface area contributed by atoms with Crippen LogP contribution in [0, 0.1) is 0 Å². The minimum atomic E-state index is -1.15. The first-order valence-corrected chi connectivity index (χ1v) is 10.9. The molecule has 3 aromatic rings. The van der Waals surface area contributed by atoms with E-state index < -0.39 is 30.1 Å². The largest absolute Gasteiger partial charge is 0.451 e. The first-order valence-electron chi connectivity index (χ1n) is 10.6. The second-order valence-corrected chi connectivity index (χ2v) is 7.72. The lowest BCUT2D eigenvalue weighted by Gasteiger charge is -2.20. The Labute approximate surface area is 202 Å². The molecule has 0 fully saturated rings. The van der Waals surface area contributed by atoms with Crippen molar-refractivity contribution in [2.75, 3.05) is 5.32 Å². The highest BCUT2D eigenvalue weighted by Crippen LogP contribution is 2.18. The average molecular weight is 482 g/mol. The van der Waals surface area contributed by atoms with E-state index in [1.165, 1.54) is 13.1 Å². The van der Waals surface area contributed by atoms with Gasteiger partial charge in [-0.1, -0.05) is 72.3 Å². The van der Waals surface area contributed by atoms with E-state index in [0.717, 1.165) is 11.1 Å². The normalized spacial score (nSPS) is 12.2. The number of halogens is 1. The monoisotopic (exact) mass is 481 g/mol. The van der Waals surface area contributed by atoms with Gasteiger partial charge in [-0.2, -0.15) is 0 Å². The van der Waals surface area contributed by atoms with Crippen LogP contribution in [0.2, 0.25) is 5.15 Å². The number of nitrogens with one attached hydrogen (secondary N) is 2. The molecule has 0 saturated heterocycles. The quantitative estimate of drug-likeness (QED) is 0.351. The number of hydrogen-bond acceptors (Lipinski definition) is 6. The molecule has 2 aromatic carbocycles. The van der Waals surface area contributed by atoms with Crippen LogP contribution in [-0.4, -0.2) is 35.1 Å². The Morgan fingerprint density at radius 1 is 0.941 bits per heavy atom. The number of hydrogen-bond donors (Lipinski definition) is 2. The molecule has 0 bridgehead atoms. The van der Waals surface area contributed by atoms with Gasteiger partial charge >= 0.3 is 12.1 Å². The van der Waals surface area contributed by atoms with Crippen LogP contribution in [0.4, 0.5) is 10.5 Å². The molecule has 3 rings (SSSR count). The van der Waals surface area contributed by atoms with E-state index >= 15 is 0 Å². The maximum Gasteiger partial charge on any atom is 0.408 e. The van der Waals surface area contributed by atoms with Crippen molar-refractivity contribution in [3.63, 3.8) is 0 Å². The van der Waals surface area contributed by atoms with Crippen molar-refractivity contribution in [2.24, 2.45) is 0 Å². The number of benzene rings is 2. The van der Waals surface area contributed by atoms with E-state index in [1.807, 2.05) is 60.7 Å². The summed E-state index contributed by atoms with van der Waals surface area (Å²) in [5.41, 5.74) is 1.90. The topological polar surface area (TPSA) is 107 Å². The van der Waals surface area contributed by atoms with Crippen LogP contribution in [0.3, 0.4) is 0 Å². The van der Waals surface area contributed by atoms with Crippen LogP contribution < -0.4 is 10.6 Å². The zero-order chi connectivity index (χ0) is 24.3. The second kappa shape index (κ2) is 12.4. The van der Waals surface area contributed by atoms with Gasteiger partial charge in [-0.3, -0.25) is 4.79 Å². The van der Waals surface area contributed by atoms with Gasteiger partial charge in [0.15, 0.2) is 11.3 Å². The summed E-state index contributed by atoms with van der Waals surface area (Å²) in [6.45, 7) is 1.47. The molecular formula is C25H24ClN3O5. The molecule has 176 valence electrons. The molecule has 1 aromatic heterocycles. The number of pyridine rings is 1. The Morgan fingerprint density at radius 2 is 1.59 bits per heavy atom. The molecule has 2 N–H and O–H groups in total. The molecule has 8 nitrogen and oxygen atoms in total. The van der Waals surface area contributed by atoms with Crippen molar-refractivity contribution >= 4 is 35.3 Å². The maximum absolute atomic E-state index is 12.9. The fourth-order valence-electron chi connectivity index (χ4n) is 2.97. The number of aromatic nitrogens is 1. The van der Waals surface area contributed by atoms with Gasteiger partial charge in [-0.05, 0) is 30.2 Å². The Bertz CT molecular complexity index is 1110.